The van der Waals surface area contributed by atoms with E-state index in [2.05, 4.69) is 82.6 Å². The summed E-state index contributed by atoms with van der Waals surface area (Å²) in [6.45, 7) is 6.02. The second-order valence-electron chi connectivity index (χ2n) is 9.48. The minimum Gasteiger partial charge on any atom is -0.493 e. The molecule has 0 aromatic heterocycles. The van der Waals surface area contributed by atoms with Crippen LogP contribution in [-0.2, 0) is 22.6 Å². The fourth-order valence-corrected chi connectivity index (χ4v) is 5.13. The molecule has 2 heterocycles. The van der Waals surface area contributed by atoms with Crippen LogP contribution in [-0.4, -0.2) is 73.7 Å². The summed E-state index contributed by atoms with van der Waals surface area (Å²) in [5, 5.41) is 0. The van der Waals surface area contributed by atoms with Gasteiger partial charge in [0.2, 0.25) is 0 Å². The molecule has 0 bridgehead atoms. The van der Waals surface area contributed by atoms with Gasteiger partial charge in [-0.1, -0.05) is 66.7 Å². The summed E-state index contributed by atoms with van der Waals surface area (Å²) in [6, 6.07) is 27.3. The first-order valence-corrected chi connectivity index (χ1v) is 12.9. The van der Waals surface area contributed by atoms with E-state index in [1.54, 1.807) is 12.0 Å². The highest BCUT2D eigenvalue weighted by Gasteiger charge is 2.33. The highest BCUT2D eigenvalue weighted by atomic mass is 16.5. The maximum absolute atomic E-state index is 12.6. The van der Waals surface area contributed by atoms with Crippen molar-refractivity contribution in [2.24, 2.45) is 0 Å². The maximum atomic E-state index is 12.6. The lowest BCUT2D eigenvalue weighted by molar-refractivity contribution is -0.137. The van der Waals surface area contributed by atoms with Gasteiger partial charge in [0.25, 0.3) is 5.91 Å². The lowest BCUT2D eigenvalue weighted by atomic mass is 10.1. The van der Waals surface area contributed by atoms with Crippen LogP contribution >= 0.6 is 0 Å². The van der Waals surface area contributed by atoms with Gasteiger partial charge in [-0.2, -0.15) is 0 Å². The van der Waals surface area contributed by atoms with Crippen molar-refractivity contribution in [1.29, 1.82) is 0 Å². The number of benzene rings is 3. The third-order valence-electron chi connectivity index (χ3n) is 7.02. The molecule has 194 valence electrons. The third kappa shape index (κ3) is 6.31. The highest BCUT2D eigenvalue weighted by Crippen LogP contribution is 2.37. The van der Waals surface area contributed by atoms with Crippen molar-refractivity contribution in [2.75, 3.05) is 53.1 Å². The molecule has 2 saturated heterocycles. The van der Waals surface area contributed by atoms with Crippen LogP contribution in [0.25, 0.3) is 0 Å². The molecule has 3 aromatic rings. The molecule has 0 atom stereocenters. The first-order valence-electron chi connectivity index (χ1n) is 12.9. The van der Waals surface area contributed by atoms with Gasteiger partial charge in [0, 0.05) is 39.3 Å². The minimum absolute atomic E-state index is 0.0145. The molecule has 5 rings (SSSR count). The molecule has 3 aromatic carbocycles. The molecule has 0 unspecified atom stereocenters. The normalized spacial score (nSPS) is 17.2. The first-order chi connectivity index (χ1) is 18.2. The Labute approximate surface area is 219 Å². The van der Waals surface area contributed by atoms with Crippen molar-refractivity contribution in [3.8, 4) is 11.5 Å². The molecule has 37 heavy (non-hydrogen) atoms. The number of ether oxygens (including phenoxy) is 3. The van der Waals surface area contributed by atoms with E-state index in [0.717, 1.165) is 31.7 Å². The number of carbonyl (C=O) groups excluding carboxylic acids is 1. The van der Waals surface area contributed by atoms with Gasteiger partial charge in [-0.05, 0) is 28.8 Å². The van der Waals surface area contributed by atoms with Crippen molar-refractivity contribution >= 4 is 5.91 Å². The standard InChI is InChI=1S/C30H35N3O4/c1-35-28-20-26(12-13-27(28)37-23-29(34)31-16-18-36-19-17-31)30-32(21-24-8-4-2-5-9-24)14-15-33(30)22-25-10-6-3-7-11-25/h2-13,20,30H,14-19,21-23H2,1H3. The Morgan fingerprint density at radius 1 is 0.811 bits per heavy atom. The van der Waals surface area contributed by atoms with E-state index in [1.165, 1.54) is 11.1 Å². The smallest absolute Gasteiger partial charge is 0.260 e. The highest BCUT2D eigenvalue weighted by molar-refractivity contribution is 5.78. The zero-order chi connectivity index (χ0) is 25.5. The zero-order valence-corrected chi connectivity index (χ0v) is 21.4. The van der Waals surface area contributed by atoms with Crippen LogP contribution in [0, 0.1) is 0 Å². The van der Waals surface area contributed by atoms with Gasteiger partial charge >= 0.3 is 0 Å². The van der Waals surface area contributed by atoms with Gasteiger partial charge in [-0.3, -0.25) is 14.6 Å². The summed E-state index contributed by atoms with van der Waals surface area (Å²) < 4.78 is 17.0. The fourth-order valence-electron chi connectivity index (χ4n) is 5.13. The van der Waals surface area contributed by atoms with E-state index in [0.29, 0.717) is 37.8 Å². The van der Waals surface area contributed by atoms with E-state index in [9.17, 15) is 4.79 Å². The van der Waals surface area contributed by atoms with Crippen LogP contribution in [0.3, 0.4) is 0 Å². The Hall–Kier alpha value is -3.39. The summed E-state index contributed by atoms with van der Waals surface area (Å²) in [5.41, 5.74) is 3.73. The molecule has 1 amide bonds. The molecule has 7 nitrogen and oxygen atoms in total. The molecule has 0 spiro atoms. The number of carbonyl (C=O) groups is 1. The molecule has 2 aliphatic rings. The molecule has 7 heteroatoms. The van der Waals surface area contributed by atoms with Crippen LogP contribution in [0.4, 0.5) is 0 Å². The monoisotopic (exact) mass is 501 g/mol. The Kier molecular flexibility index (Phi) is 8.35. The minimum atomic E-state index is -0.0340. The van der Waals surface area contributed by atoms with Gasteiger partial charge in [-0.15, -0.1) is 0 Å². The Balaban J connectivity index is 1.35. The zero-order valence-electron chi connectivity index (χ0n) is 21.4. The molecule has 0 aliphatic carbocycles. The van der Waals surface area contributed by atoms with E-state index in [1.807, 2.05) is 6.07 Å². The second-order valence-corrected chi connectivity index (χ2v) is 9.48. The number of amides is 1. The van der Waals surface area contributed by atoms with Crippen LogP contribution in [0.15, 0.2) is 78.9 Å². The molecule has 0 N–H and O–H groups in total. The number of rotatable bonds is 9. The maximum Gasteiger partial charge on any atom is 0.260 e. The largest absolute Gasteiger partial charge is 0.493 e. The van der Waals surface area contributed by atoms with Crippen molar-refractivity contribution in [3.63, 3.8) is 0 Å². The number of nitrogens with zero attached hydrogens (tertiary/aromatic N) is 3. The van der Waals surface area contributed by atoms with Crippen LogP contribution < -0.4 is 9.47 Å². The van der Waals surface area contributed by atoms with E-state index in [-0.39, 0.29) is 18.7 Å². The average molecular weight is 502 g/mol. The van der Waals surface area contributed by atoms with Gasteiger partial charge in [0.1, 0.15) is 0 Å². The average Bonchev–Trinajstić information content (AvgIpc) is 3.34. The summed E-state index contributed by atoms with van der Waals surface area (Å²) in [6.07, 6.45) is 0.0957. The lowest BCUT2D eigenvalue weighted by Gasteiger charge is -2.31. The summed E-state index contributed by atoms with van der Waals surface area (Å²) in [5.74, 6) is 1.18. The van der Waals surface area contributed by atoms with Crippen molar-refractivity contribution in [1.82, 2.24) is 14.7 Å². The topological polar surface area (TPSA) is 54.5 Å². The van der Waals surface area contributed by atoms with E-state index >= 15 is 0 Å². The van der Waals surface area contributed by atoms with Crippen molar-refractivity contribution in [2.45, 2.75) is 19.3 Å². The molecule has 2 aliphatic heterocycles. The fraction of sp³-hybridized carbons (Fsp3) is 0.367. The van der Waals surface area contributed by atoms with Gasteiger partial charge in [0.15, 0.2) is 18.1 Å². The van der Waals surface area contributed by atoms with Crippen LogP contribution in [0.5, 0.6) is 11.5 Å². The Bertz CT molecular complexity index is 1100. The molecular weight excluding hydrogens is 466 g/mol. The number of hydrogen-bond donors (Lipinski definition) is 0. The summed E-state index contributed by atoms with van der Waals surface area (Å²) >= 11 is 0. The quantitative estimate of drug-likeness (QED) is 0.443. The SMILES string of the molecule is COc1cc(C2N(Cc3ccccc3)CCN2Cc2ccccc2)ccc1OCC(=O)N1CCOCC1. The predicted octanol–water partition coefficient (Wildman–Crippen LogP) is 3.95. The van der Waals surface area contributed by atoms with Gasteiger partial charge in [0.05, 0.1) is 26.5 Å². The van der Waals surface area contributed by atoms with Gasteiger partial charge in [-0.25, -0.2) is 0 Å². The third-order valence-corrected chi connectivity index (χ3v) is 7.02. The molecule has 0 saturated carbocycles. The predicted molar refractivity (Wildman–Crippen MR) is 142 cm³/mol. The molecule has 2 fully saturated rings. The molecule has 0 radical (unpaired) electrons. The number of methoxy groups -OCH3 is 1. The Morgan fingerprint density at radius 3 is 1.97 bits per heavy atom. The van der Waals surface area contributed by atoms with Crippen molar-refractivity contribution in [3.05, 3.63) is 95.6 Å². The first kappa shape index (κ1) is 25.3. The summed E-state index contributed by atoms with van der Waals surface area (Å²) in [7, 11) is 1.65. The Morgan fingerprint density at radius 2 is 1.41 bits per heavy atom. The summed E-state index contributed by atoms with van der Waals surface area (Å²) in [4.78, 5) is 19.4. The van der Waals surface area contributed by atoms with E-state index in [4.69, 9.17) is 14.2 Å². The van der Waals surface area contributed by atoms with Crippen LogP contribution in [0.1, 0.15) is 22.9 Å². The van der Waals surface area contributed by atoms with Gasteiger partial charge < -0.3 is 19.1 Å². The lowest BCUT2D eigenvalue weighted by Crippen LogP contribution is -2.43. The second kappa shape index (κ2) is 12.2. The number of hydrogen-bond acceptors (Lipinski definition) is 6. The molecular formula is C30H35N3O4. The van der Waals surface area contributed by atoms with Crippen LogP contribution in [0.2, 0.25) is 0 Å². The number of morpholine rings is 1. The van der Waals surface area contributed by atoms with E-state index < -0.39 is 0 Å². The van der Waals surface area contributed by atoms with Crippen molar-refractivity contribution < 1.29 is 19.0 Å².